The van der Waals surface area contributed by atoms with Gasteiger partial charge in [0.05, 0.1) is 11.6 Å². The fraction of sp³-hybridized carbons (Fsp3) is 0.429. The maximum absolute atomic E-state index is 13.1. The molecule has 27 heavy (non-hydrogen) atoms. The highest BCUT2D eigenvalue weighted by Gasteiger charge is 2.36. The fourth-order valence-electron chi connectivity index (χ4n) is 3.96. The van der Waals surface area contributed by atoms with Crippen molar-refractivity contribution < 1.29 is 9.59 Å². The lowest BCUT2D eigenvalue weighted by Crippen LogP contribution is -2.43. The van der Waals surface area contributed by atoms with Crippen molar-refractivity contribution in [1.82, 2.24) is 20.2 Å². The molecule has 140 valence electrons. The third kappa shape index (κ3) is 3.56. The number of amides is 2. The van der Waals surface area contributed by atoms with Gasteiger partial charge in [0.25, 0.3) is 5.91 Å². The first-order valence-electron chi connectivity index (χ1n) is 9.58. The van der Waals surface area contributed by atoms with Gasteiger partial charge in [-0.2, -0.15) is 0 Å². The molecule has 0 spiro atoms. The average Bonchev–Trinajstić information content (AvgIpc) is 2.98. The fourth-order valence-corrected chi connectivity index (χ4v) is 3.96. The van der Waals surface area contributed by atoms with Gasteiger partial charge in [0.15, 0.2) is 0 Å². The molecular formula is C21H24N4O2. The quantitative estimate of drug-likeness (QED) is 0.907. The molecule has 2 aromatic rings. The summed E-state index contributed by atoms with van der Waals surface area (Å²) in [4.78, 5) is 35.9. The van der Waals surface area contributed by atoms with Crippen LogP contribution < -0.4 is 5.32 Å². The number of hydrogen-bond acceptors (Lipinski definition) is 4. The van der Waals surface area contributed by atoms with Crippen molar-refractivity contribution >= 4 is 11.8 Å². The summed E-state index contributed by atoms with van der Waals surface area (Å²) in [5.74, 6) is 0.702. The molecule has 1 aromatic carbocycles. The number of nitrogens with one attached hydrogen (secondary N) is 1. The number of aromatic nitrogens is 2. The van der Waals surface area contributed by atoms with E-state index in [1.165, 1.54) is 0 Å². The molecule has 0 aliphatic carbocycles. The molecule has 0 radical (unpaired) electrons. The van der Waals surface area contributed by atoms with Crippen LogP contribution in [-0.4, -0.2) is 45.8 Å². The second-order valence-electron chi connectivity index (χ2n) is 7.42. The van der Waals surface area contributed by atoms with Gasteiger partial charge in [-0.1, -0.05) is 19.1 Å². The van der Waals surface area contributed by atoms with Gasteiger partial charge >= 0.3 is 0 Å². The maximum Gasteiger partial charge on any atom is 0.253 e. The van der Waals surface area contributed by atoms with Crippen LogP contribution >= 0.6 is 0 Å². The smallest absolute Gasteiger partial charge is 0.253 e. The Morgan fingerprint density at radius 3 is 2.85 bits per heavy atom. The number of rotatable bonds is 3. The van der Waals surface area contributed by atoms with Crippen LogP contribution in [0.5, 0.6) is 0 Å². The summed E-state index contributed by atoms with van der Waals surface area (Å²) in [6.45, 7) is 5.03. The lowest BCUT2D eigenvalue weighted by atomic mass is 9.96. The Hall–Kier alpha value is -2.76. The lowest BCUT2D eigenvalue weighted by Gasteiger charge is -2.23. The minimum Gasteiger partial charge on any atom is -0.351 e. The molecule has 2 amide bonds. The van der Waals surface area contributed by atoms with Crippen molar-refractivity contribution in [3.05, 3.63) is 47.4 Å². The number of piperidine rings is 1. The zero-order chi connectivity index (χ0) is 19.0. The first-order chi connectivity index (χ1) is 13.0. The van der Waals surface area contributed by atoms with Crippen molar-refractivity contribution in [3.8, 4) is 11.3 Å². The number of carbonyl (C=O) groups excluding carboxylic acids is 2. The zero-order valence-electron chi connectivity index (χ0n) is 15.7. The maximum atomic E-state index is 13.1. The van der Waals surface area contributed by atoms with E-state index < -0.39 is 0 Å². The number of fused-ring (bicyclic) bond motifs is 4. The molecule has 1 N–H and O–H groups in total. The second-order valence-corrected chi connectivity index (χ2v) is 7.42. The monoisotopic (exact) mass is 364 g/mol. The molecule has 5 rings (SSSR count). The standard InChI is InChI=1S/C21H24N4O2/c1-3-17-10-19(23-13(2)22-17)14-5-4-6-15(9-14)21(27)25-11-16-7-8-18(12-25)24-20(16)26/h4-6,9-10,16,18H,3,7-8,11-12H2,1-2H3,(H,24,26)/t16-,18+/m1/s1. The van der Waals surface area contributed by atoms with Gasteiger partial charge in [0.1, 0.15) is 5.82 Å². The molecule has 6 heteroatoms. The van der Waals surface area contributed by atoms with Crippen LogP contribution in [-0.2, 0) is 11.2 Å². The summed E-state index contributed by atoms with van der Waals surface area (Å²) in [7, 11) is 0. The van der Waals surface area contributed by atoms with E-state index in [9.17, 15) is 9.59 Å². The molecule has 3 aliphatic heterocycles. The highest BCUT2D eigenvalue weighted by molar-refractivity contribution is 5.96. The number of aryl methyl sites for hydroxylation is 2. The van der Waals surface area contributed by atoms with E-state index >= 15 is 0 Å². The van der Waals surface area contributed by atoms with E-state index in [2.05, 4.69) is 22.2 Å². The van der Waals surface area contributed by atoms with Crippen LogP contribution in [0.2, 0.25) is 0 Å². The Morgan fingerprint density at radius 2 is 2.07 bits per heavy atom. The Morgan fingerprint density at radius 1 is 1.22 bits per heavy atom. The predicted octanol–water partition coefficient (Wildman–Crippen LogP) is 2.37. The number of carbonyl (C=O) groups is 2. The summed E-state index contributed by atoms with van der Waals surface area (Å²) in [6.07, 6.45) is 2.65. The molecular weight excluding hydrogens is 340 g/mol. The molecule has 2 bridgehead atoms. The van der Waals surface area contributed by atoms with E-state index in [0.29, 0.717) is 18.7 Å². The summed E-state index contributed by atoms with van der Waals surface area (Å²) in [5, 5.41) is 3.02. The molecule has 3 fully saturated rings. The van der Waals surface area contributed by atoms with Crippen LogP contribution in [0.25, 0.3) is 11.3 Å². The van der Waals surface area contributed by atoms with E-state index in [1.54, 1.807) is 0 Å². The Kier molecular flexibility index (Phi) is 4.64. The first kappa shape index (κ1) is 17.6. The van der Waals surface area contributed by atoms with E-state index in [0.717, 1.165) is 42.0 Å². The third-order valence-corrected chi connectivity index (χ3v) is 5.41. The minimum atomic E-state index is -0.0903. The van der Waals surface area contributed by atoms with Crippen molar-refractivity contribution in [2.24, 2.45) is 5.92 Å². The van der Waals surface area contributed by atoms with Gasteiger partial charge < -0.3 is 10.2 Å². The SMILES string of the molecule is CCc1cc(-c2cccc(C(=O)N3C[C@@H]4CC[C@H](C3)C(=O)N4)c2)nc(C)n1. The van der Waals surface area contributed by atoms with E-state index in [4.69, 9.17) is 0 Å². The van der Waals surface area contributed by atoms with Gasteiger partial charge in [0, 0.05) is 36.0 Å². The summed E-state index contributed by atoms with van der Waals surface area (Å²) in [6, 6.07) is 9.64. The van der Waals surface area contributed by atoms with Crippen molar-refractivity contribution in [2.75, 3.05) is 13.1 Å². The molecule has 4 heterocycles. The number of hydrogen-bond donors (Lipinski definition) is 1. The predicted molar refractivity (Wildman–Crippen MR) is 102 cm³/mol. The largest absolute Gasteiger partial charge is 0.351 e. The van der Waals surface area contributed by atoms with Gasteiger partial charge in [0.2, 0.25) is 5.91 Å². The Labute approximate surface area is 159 Å². The summed E-state index contributed by atoms with van der Waals surface area (Å²) < 4.78 is 0. The molecule has 3 aliphatic rings. The molecule has 3 saturated heterocycles. The van der Waals surface area contributed by atoms with Crippen LogP contribution in [0.15, 0.2) is 30.3 Å². The van der Waals surface area contributed by atoms with Crippen LogP contribution in [0.1, 0.15) is 41.6 Å². The minimum absolute atomic E-state index is 0.0215. The van der Waals surface area contributed by atoms with Gasteiger partial charge in [-0.25, -0.2) is 9.97 Å². The van der Waals surface area contributed by atoms with Crippen LogP contribution in [0.4, 0.5) is 0 Å². The summed E-state index contributed by atoms with van der Waals surface area (Å²) >= 11 is 0. The molecule has 1 aromatic heterocycles. The average molecular weight is 364 g/mol. The normalized spacial score (nSPS) is 21.7. The zero-order valence-corrected chi connectivity index (χ0v) is 15.7. The van der Waals surface area contributed by atoms with E-state index in [-0.39, 0.29) is 23.8 Å². The summed E-state index contributed by atoms with van der Waals surface area (Å²) in [5.41, 5.74) is 3.37. The Balaban J connectivity index is 1.62. The van der Waals surface area contributed by atoms with Gasteiger partial charge in [-0.05, 0) is 44.4 Å². The topological polar surface area (TPSA) is 75.2 Å². The second kappa shape index (κ2) is 7.10. The number of nitrogens with zero attached hydrogens (tertiary/aromatic N) is 3. The van der Waals surface area contributed by atoms with Crippen molar-refractivity contribution in [2.45, 2.75) is 39.2 Å². The first-order valence-corrected chi connectivity index (χ1v) is 9.58. The molecule has 2 atom stereocenters. The van der Waals surface area contributed by atoms with E-state index in [1.807, 2.05) is 42.2 Å². The van der Waals surface area contributed by atoms with Crippen LogP contribution in [0, 0.1) is 12.8 Å². The van der Waals surface area contributed by atoms with Crippen LogP contribution in [0.3, 0.4) is 0 Å². The van der Waals surface area contributed by atoms with Crippen molar-refractivity contribution in [1.29, 1.82) is 0 Å². The van der Waals surface area contributed by atoms with Crippen molar-refractivity contribution in [3.63, 3.8) is 0 Å². The van der Waals surface area contributed by atoms with Gasteiger partial charge in [-0.3, -0.25) is 9.59 Å². The number of benzene rings is 1. The highest BCUT2D eigenvalue weighted by atomic mass is 16.2. The Bertz CT molecular complexity index is 896. The molecule has 6 nitrogen and oxygen atoms in total. The lowest BCUT2D eigenvalue weighted by molar-refractivity contribution is -0.126. The molecule has 0 unspecified atom stereocenters. The highest BCUT2D eigenvalue weighted by Crippen LogP contribution is 2.25. The van der Waals surface area contributed by atoms with Gasteiger partial charge in [-0.15, -0.1) is 0 Å². The third-order valence-electron chi connectivity index (χ3n) is 5.41. The molecule has 0 saturated carbocycles.